The number of para-hydroxylation sites is 2. The Balaban J connectivity index is 1.72. The van der Waals surface area contributed by atoms with Crippen LogP contribution in [0.3, 0.4) is 0 Å². The molecule has 0 fully saturated rings. The van der Waals surface area contributed by atoms with E-state index in [1.165, 1.54) is 12.0 Å². The summed E-state index contributed by atoms with van der Waals surface area (Å²) in [7, 11) is 1.65. The Bertz CT molecular complexity index is 753. The summed E-state index contributed by atoms with van der Waals surface area (Å²) in [6.07, 6.45) is 2.29. The third-order valence-electron chi connectivity index (χ3n) is 3.70. The summed E-state index contributed by atoms with van der Waals surface area (Å²) in [5.74, 6) is 0.758. The number of nitrogens with zero attached hydrogens (tertiary/aromatic N) is 1. The number of thioether (sulfide) groups is 1. The van der Waals surface area contributed by atoms with E-state index in [1.54, 1.807) is 18.9 Å². The predicted octanol–water partition coefficient (Wildman–Crippen LogP) is 4.47. The molecule has 0 unspecified atom stereocenters. The maximum atomic E-state index is 5.33. The molecule has 0 aliphatic carbocycles. The van der Waals surface area contributed by atoms with E-state index in [2.05, 4.69) is 52.4 Å². The minimum atomic E-state index is 0.758. The van der Waals surface area contributed by atoms with Crippen LogP contribution in [0.1, 0.15) is 24.5 Å². The Kier molecular flexibility index (Phi) is 5.43. The van der Waals surface area contributed by atoms with Gasteiger partial charge in [0.1, 0.15) is 11.4 Å². The molecule has 0 aromatic heterocycles. The molecule has 0 amide bonds. The second-order valence-electron chi connectivity index (χ2n) is 5.44. The van der Waals surface area contributed by atoms with Gasteiger partial charge in [-0.05, 0) is 29.7 Å². The van der Waals surface area contributed by atoms with Crippen molar-refractivity contribution < 1.29 is 4.74 Å². The zero-order valence-electron chi connectivity index (χ0n) is 13.9. The maximum absolute atomic E-state index is 5.33. The minimum Gasteiger partial charge on any atom is -0.494 e. The lowest BCUT2D eigenvalue weighted by Gasteiger charge is -2.19. The lowest BCUT2D eigenvalue weighted by atomic mass is 10.1. The number of amidine groups is 1. The predicted molar refractivity (Wildman–Crippen MR) is 102 cm³/mol. The van der Waals surface area contributed by atoms with Gasteiger partial charge in [0.2, 0.25) is 0 Å². The fourth-order valence-electron chi connectivity index (χ4n) is 2.46. The topological polar surface area (TPSA) is 45.6 Å². The highest BCUT2D eigenvalue weighted by atomic mass is 32.2. The van der Waals surface area contributed by atoms with Crippen LogP contribution in [0.5, 0.6) is 5.75 Å². The van der Waals surface area contributed by atoms with E-state index in [0.29, 0.717) is 0 Å². The number of ether oxygens (including phenoxy) is 1. The van der Waals surface area contributed by atoms with E-state index in [-0.39, 0.29) is 0 Å². The SMILES string of the molecule is CCCc1ccc(C2=CSC(=Nc3ccccc3OC)NN2)cc1. The van der Waals surface area contributed by atoms with Crippen molar-refractivity contribution in [3.05, 3.63) is 65.1 Å². The number of aliphatic imine (C=N–C) groups is 1. The van der Waals surface area contributed by atoms with Crippen LogP contribution >= 0.6 is 11.8 Å². The van der Waals surface area contributed by atoms with Crippen LogP contribution in [0.15, 0.2) is 58.9 Å². The van der Waals surface area contributed by atoms with E-state index in [1.807, 2.05) is 24.3 Å². The number of benzene rings is 2. The molecule has 1 aliphatic heterocycles. The van der Waals surface area contributed by atoms with Crippen molar-refractivity contribution in [3.8, 4) is 5.75 Å². The molecule has 124 valence electrons. The summed E-state index contributed by atoms with van der Waals surface area (Å²) in [5.41, 5.74) is 10.7. The lowest BCUT2D eigenvalue weighted by Crippen LogP contribution is -2.36. The van der Waals surface area contributed by atoms with Gasteiger partial charge in [0.05, 0.1) is 12.8 Å². The van der Waals surface area contributed by atoms with Crippen LogP contribution < -0.4 is 15.6 Å². The number of nitrogens with one attached hydrogen (secondary N) is 2. The summed E-state index contributed by atoms with van der Waals surface area (Å²) in [5, 5.41) is 2.85. The van der Waals surface area contributed by atoms with Crippen LogP contribution in [0.2, 0.25) is 0 Å². The normalized spacial score (nSPS) is 15.4. The van der Waals surface area contributed by atoms with Gasteiger partial charge in [-0.2, -0.15) is 0 Å². The third kappa shape index (κ3) is 3.92. The summed E-state index contributed by atoms with van der Waals surface area (Å²) in [6.45, 7) is 2.20. The summed E-state index contributed by atoms with van der Waals surface area (Å²) in [6, 6.07) is 16.4. The van der Waals surface area contributed by atoms with Crippen LogP contribution in [-0.4, -0.2) is 12.3 Å². The van der Waals surface area contributed by atoms with Crippen molar-refractivity contribution in [2.45, 2.75) is 19.8 Å². The second-order valence-corrected chi connectivity index (χ2v) is 6.29. The van der Waals surface area contributed by atoms with Gasteiger partial charge in [-0.25, -0.2) is 4.99 Å². The molecule has 4 nitrogen and oxygen atoms in total. The van der Waals surface area contributed by atoms with E-state index < -0.39 is 0 Å². The van der Waals surface area contributed by atoms with E-state index in [4.69, 9.17) is 4.74 Å². The Hall–Kier alpha value is -2.40. The van der Waals surface area contributed by atoms with Crippen molar-refractivity contribution in [2.24, 2.45) is 4.99 Å². The lowest BCUT2D eigenvalue weighted by molar-refractivity contribution is 0.416. The van der Waals surface area contributed by atoms with Gasteiger partial charge < -0.3 is 4.74 Å². The molecule has 0 radical (unpaired) electrons. The molecule has 3 rings (SSSR count). The molecule has 0 saturated heterocycles. The first-order valence-electron chi connectivity index (χ1n) is 8.00. The first kappa shape index (κ1) is 16.5. The molecular weight excluding hydrogens is 318 g/mol. The highest BCUT2D eigenvalue weighted by molar-refractivity contribution is 8.16. The average Bonchev–Trinajstić information content (AvgIpc) is 2.64. The molecule has 2 aromatic rings. The van der Waals surface area contributed by atoms with E-state index >= 15 is 0 Å². The first-order chi connectivity index (χ1) is 11.8. The molecule has 1 heterocycles. The molecule has 5 heteroatoms. The molecule has 2 aromatic carbocycles. The Morgan fingerprint density at radius 1 is 1.04 bits per heavy atom. The van der Waals surface area contributed by atoms with Gasteiger partial charge in [0.15, 0.2) is 5.17 Å². The van der Waals surface area contributed by atoms with Gasteiger partial charge in [-0.15, -0.1) is 0 Å². The minimum absolute atomic E-state index is 0.758. The quantitative estimate of drug-likeness (QED) is 0.843. The second kappa shape index (κ2) is 7.93. The van der Waals surface area contributed by atoms with E-state index in [9.17, 15) is 0 Å². The number of aryl methyl sites for hydroxylation is 1. The summed E-state index contributed by atoms with van der Waals surface area (Å²) in [4.78, 5) is 4.59. The van der Waals surface area contributed by atoms with Gasteiger partial charge in [0.25, 0.3) is 0 Å². The Morgan fingerprint density at radius 2 is 1.83 bits per heavy atom. The first-order valence-corrected chi connectivity index (χ1v) is 8.88. The van der Waals surface area contributed by atoms with Crippen molar-refractivity contribution in [3.63, 3.8) is 0 Å². The van der Waals surface area contributed by atoms with E-state index in [0.717, 1.165) is 34.3 Å². The van der Waals surface area contributed by atoms with Gasteiger partial charge in [-0.3, -0.25) is 10.9 Å². The number of hydrazine groups is 1. The molecule has 24 heavy (non-hydrogen) atoms. The maximum Gasteiger partial charge on any atom is 0.185 e. The Labute approximate surface area is 147 Å². The van der Waals surface area contributed by atoms with Crippen LogP contribution in [0.4, 0.5) is 5.69 Å². The zero-order chi connectivity index (χ0) is 16.8. The third-order valence-corrected chi connectivity index (χ3v) is 4.47. The number of hydrogen-bond acceptors (Lipinski definition) is 4. The average molecular weight is 339 g/mol. The molecule has 2 N–H and O–H groups in total. The van der Waals surface area contributed by atoms with Crippen molar-refractivity contribution >= 4 is 28.3 Å². The molecular formula is C19H21N3OS. The number of methoxy groups -OCH3 is 1. The van der Waals surface area contributed by atoms with Crippen LogP contribution in [0.25, 0.3) is 5.70 Å². The van der Waals surface area contributed by atoms with Crippen LogP contribution in [-0.2, 0) is 6.42 Å². The van der Waals surface area contributed by atoms with Gasteiger partial charge >= 0.3 is 0 Å². The van der Waals surface area contributed by atoms with Crippen molar-refractivity contribution in [1.82, 2.24) is 10.9 Å². The highest BCUT2D eigenvalue weighted by Gasteiger charge is 2.11. The smallest absolute Gasteiger partial charge is 0.185 e. The standard InChI is InChI=1S/C19H21N3OS/c1-3-6-14-9-11-15(12-10-14)17-13-24-19(22-21-17)20-16-7-4-5-8-18(16)23-2/h4-5,7-13,21H,3,6H2,1-2H3,(H,20,22). The fourth-order valence-corrected chi connectivity index (χ4v) is 3.15. The molecule has 0 bridgehead atoms. The Morgan fingerprint density at radius 3 is 2.50 bits per heavy atom. The van der Waals surface area contributed by atoms with Crippen LogP contribution in [0, 0.1) is 0 Å². The molecule has 1 aliphatic rings. The van der Waals surface area contributed by atoms with Crippen molar-refractivity contribution in [1.29, 1.82) is 0 Å². The number of hydrogen-bond donors (Lipinski definition) is 2. The number of rotatable bonds is 5. The monoisotopic (exact) mass is 339 g/mol. The van der Waals surface area contributed by atoms with Gasteiger partial charge in [0, 0.05) is 5.41 Å². The molecule has 0 spiro atoms. The van der Waals surface area contributed by atoms with Gasteiger partial charge in [-0.1, -0.05) is 61.5 Å². The highest BCUT2D eigenvalue weighted by Crippen LogP contribution is 2.29. The summed E-state index contributed by atoms with van der Waals surface area (Å²) >= 11 is 1.55. The fraction of sp³-hybridized carbons (Fsp3) is 0.211. The molecule has 0 saturated carbocycles. The zero-order valence-corrected chi connectivity index (χ0v) is 14.7. The largest absolute Gasteiger partial charge is 0.494 e. The molecule has 0 atom stereocenters. The van der Waals surface area contributed by atoms with Crippen molar-refractivity contribution in [2.75, 3.05) is 7.11 Å². The summed E-state index contributed by atoms with van der Waals surface area (Å²) < 4.78 is 5.33.